The number of aromatic nitrogens is 3. The van der Waals surface area contributed by atoms with Crippen LogP contribution in [0.3, 0.4) is 0 Å². The van der Waals surface area contributed by atoms with Crippen LogP contribution < -0.4 is 0 Å². The smallest absolute Gasteiger partial charge is 0.121 e. The van der Waals surface area contributed by atoms with Gasteiger partial charge in [-0.15, -0.1) is 54.1 Å². The van der Waals surface area contributed by atoms with E-state index >= 15 is 0 Å². The molecule has 48 heavy (non-hydrogen) atoms. The first-order valence-electron chi connectivity index (χ1n) is 16.0. The maximum atomic E-state index is 6.43. The largest absolute Gasteiger partial charge is 0.501 e. The Hall–Kier alpha value is -4.70. The van der Waals surface area contributed by atoms with Crippen molar-refractivity contribution in [3.63, 3.8) is 0 Å². The molecule has 8 rings (SSSR count). The molecule has 0 aliphatic rings. The summed E-state index contributed by atoms with van der Waals surface area (Å²) in [6.07, 6.45) is 3.50. The Kier molecular flexibility index (Phi) is 9.04. The van der Waals surface area contributed by atoms with Crippen molar-refractivity contribution in [1.82, 2.24) is 15.0 Å². The van der Waals surface area contributed by atoms with Gasteiger partial charge in [-0.05, 0) is 62.1 Å². The third-order valence-electron chi connectivity index (χ3n) is 8.60. The van der Waals surface area contributed by atoms with Gasteiger partial charge < -0.3 is 9.40 Å². The summed E-state index contributed by atoms with van der Waals surface area (Å²) in [5.41, 5.74) is 7.84. The molecule has 8 aromatic rings. The normalized spacial score (nSPS) is 11.8. The van der Waals surface area contributed by atoms with Crippen LogP contribution in [0.1, 0.15) is 52.8 Å². The summed E-state index contributed by atoms with van der Waals surface area (Å²) in [6, 6.07) is 42.0. The molecule has 0 aliphatic carbocycles. The molecule has 0 bridgehead atoms. The van der Waals surface area contributed by atoms with Crippen LogP contribution in [-0.4, -0.2) is 15.0 Å². The van der Waals surface area contributed by atoms with Crippen LogP contribution in [0.4, 0.5) is 0 Å². The zero-order valence-electron chi connectivity index (χ0n) is 28.1. The Labute approximate surface area is 295 Å². The minimum Gasteiger partial charge on any atom is -0.501 e. The van der Waals surface area contributed by atoms with Crippen LogP contribution in [0, 0.1) is 12.1 Å². The monoisotopic (exact) mass is 804 g/mol. The summed E-state index contributed by atoms with van der Waals surface area (Å²) in [4.78, 5) is 13.4. The molecule has 3 heterocycles. The van der Waals surface area contributed by atoms with Gasteiger partial charge in [0, 0.05) is 42.8 Å². The summed E-state index contributed by atoms with van der Waals surface area (Å²) < 4.78 is 6.43. The quantitative estimate of drug-likeness (QED) is 0.129. The summed E-state index contributed by atoms with van der Waals surface area (Å²) in [7, 11) is 0. The van der Waals surface area contributed by atoms with Gasteiger partial charge in [-0.1, -0.05) is 101 Å². The van der Waals surface area contributed by atoms with Crippen molar-refractivity contribution in [3.05, 3.63) is 139 Å². The van der Waals surface area contributed by atoms with Crippen molar-refractivity contribution in [2.75, 3.05) is 0 Å². The van der Waals surface area contributed by atoms with Gasteiger partial charge in [0.25, 0.3) is 0 Å². The van der Waals surface area contributed by atoms with Gasteiger partial charge in [-0.3, -0.25) is 4.98 Å². The van der Waals surface area contributed by atoms with Crippen LogP contribution in [0.5, 0.6) is 0 Å². The zero-order valence-corrected chi connectivity index (χ0v) is 30.4. The average Bonchev–Trinajstić information content (AvgIpc) is 3.45. The molecule has 0 atom stereocenters. The molecule has 0 aliphatic heterocycles. The van der Waals surface area contributed by atoms with Gasteiger partial charge in [0.15, 0.2) is 0 Å². The first-order chi connectivity index (χ1) is 22.6. The third-order valence-corrected chi connectivity index (χ3v) is 8.60. The van der Waals surface area contributed by atoms with Gasteiger partial charge in [-0.25, -0.2) is 4.98 Å². The maximum Gasteiger partial charge on any atom is 0.121 e. The molecule has 0 unspecified atom stereocenters. The van der Waals surface area contributed by atoms with E-state index in [-0.39, 0.29) is 30.9 Å². The van der Waals surface area contributed by atoms with E-state index in [1.165, 1.54) is 27.1 Å². The predicted molar refractivity (Wildman–Crippen MR) is 195 cm³/mol. The minimum atomic E-state index is -0.0573. The SMILES string of the molecule is CC(C)(C)c1cc(-c2[c-]ccc3c2oc2cc4c(ccc5ccccc54)cc23)ncn1.CC(C)(C)c1ccnc(-c2[c-]cccc2)c1.[Ir]. The van der Waals surface area contributed by atoms with Crippen LogP contribution in [0.25, 0.3) is 66.0 Å². The number of nitrogens with zero attached hydrogens (tertiary/aromatic N) is 3. The Morgan fingerprint density at radius 3 is 2.15 bits per heavy atom. The van der Waals surface area contributed by atoms with Crippen molar-refractivity contribution in [2.24, 2.45) is 0 Å². The van der Waals surface area contributed by atoms with Crippen molar-refractivity contribution in [1.29, 1.82) is 0 Å². The summed E-state index contributed by atoms with van der Waals surface area (Å²) in [5, 5.41) is 7.07. The van der Waals surface area contributed by atoms with Gasteiger partial charge in [0.05, 0.1) is 5.58 Å². The van der Waals surface area contributed by atoms with Crippen molar-refractivity contribution >= 4 is 43.5 Å². The summed E-state index contributed by atoms with van der Waals surface area (Å²) >= 11 is 0. The van der Waals surface area contributed by atoms with Crippen LogP contribution in [-0.2, 0) is 30.9 Å². The summed E-state index contributed by atoms with van der Waals surface area (Å²) in [5.74, 6) is 0. The van der Waals surface area contributed by atoms with Crippen molar-refractivity contribution < 1.29 is 24.5 Å². The van der Waals surface area contributed by atoms with E-state index in [0.717, 1.165) is 50.1 Å². The first-order valence-corrected chi connectivity index (χ1v) is 16.0. The molecule has 0 amide bonds. The van der Waals surface area contributed by atoms with E-state index < -0.39 is 0 Å². The molecule has 1 radical (unpaired) electrons. The molecule has 5 heteroatoms. The fourth-order valence-corrected chi connectivity index (χ4v) is 5.93. The van der Waals surface area contributed by atoms with Crippen molar-refractivity contribution in [3.8, 4) is 22.5 Å². The number of furan rings is 1. The fraction of sp³-hybridized carbons (Fsp3) is 0.186. The number of hydrogen-bond donors (Lipinski definition) is 0. The number of rotatable bonds is 2. The topological polar surface area (TPSA) is 51.8 Å². The van der Waals surface area contributed by atoms with Gasteiger partial charge in [0.1, 0.15) is 11.9 Å². The van der Waals surface area contributed by atoms with E-state index in [2.05, 4.69) is 135 Å². The minimum absolute atomic E-state index is 0. The van der Waals surface area contributed by atoms with Gasteiger partial charge in [0.2, 0.25) is 0 Å². The third kappa shape index (κ3) is 6.54. The van der Waals surface area contributed by atoms with Crippen LogP contribution in [0.2, 0.25) is 0 Å². The second kappa shape index (κ2) is 13.1. The molecule has 241 valence electrons. The standard InChI is InChI=1S/C28H21N2O.C15H16N.Ir/c1-28(2,3)26-15-24(29-16-30-26)21-10-6-9-20-23-13-18-12-11-17-7-4-5-8-19(17)22(18)14-25(23)31-27(20)21;1-15(2,3)13-9-10-16-14(11-13)12-7-5-4-6-8-12;/h4-9,11-16H,1-3H3;4-7,9-11H,1-3H3;/q2*-1;. The predicted octanol–water partition coefficient (Wildman–Crippen LogP) is 11.3. The summed E-state index contributed by atoms with van der Waals surface area (Å²) in [6.45, 7) is 13.1. The molecule has 0 spiro atoms. The molecular formula is C43H37IrN3O-2. The number of fused-ring (bicyclic) bond motifs is 6. The average molecular weight is 804 g/mol. The van der Waals surface area contributed by atoms with E-state index in [4.69, 9.17) is 4.42 Å². The zero-order chi connectivity index (χ0) is 32.8. The number of benzene rings is 5. The maximum absolute atomic E-state index is 6.43. The van der Waals surface area contributed by atoms with Gasteiger partial charge >= 0.3 is 0 Å². The van der Waals surface area contributed by atoms with Gasteiger partial charge in [-0.2, -0.15) is 0 Å². The molecule has 5 aromatic carbocycles. The number of hydrogen-bond acceptors (Lipinski definition) is 4. The first kappa shape index (κ1) is 33.2. The molecule has 4 nitrogen and oxygen atoms in total. The molecule has 0 N–H and O–H groups in total. The van der Waals surface area contributed by atoms with Crippen LogP contribution >= 0.6 is 0 Å². The Morgan fingerprint density at radius 2 is 1.38 bits per heavy atom. The molecule has 3 aromatic heterocycles. The second-order valence-corrected chi connectivity index (χ2v) is 14.0. The van der Waals surface area contributed by atoms with Crippen LogP contribution in [0.15, 0.2) is 120 Å². The van der Waals surface area contributed by atoms with E-state index in [1.54, 1.807) is 6.33 Å². The molecule has 0 fully saturated rings. The number of pyridine rings is 1. The van der Waals surface area contributed by atoms with Crippen molar-refractivity contribution in [2.45, 2.75) is 52.4 Å². The molecule has 0 saturated carbocycles. The molecular weight excluding hydrogens is 767 g/mol. The Bertz CT molecular complexity index is 2380. The fourth-order valence-electron chi connectivity index (χ4n) is 5.93. The van der Waals surface area contributed by atoms with E-state index in [1.807, 2.05) is 42.6 Å². The van der Waals surface area contributed by atoms with E-state index in [0.29, 0.717) is 0 Å². The van der Waals surface area contributed by atoms with E-state index in [9.17, 15) is 0 Å². The second-order valence-electron chi connectivity index (χ2n) is 14.0. The Balaban J connectivity index is 0.000000201. The molecule has 0 saturated heterocycles. The Morgan fingerprint density at radius 1 is 0.583 bits per heavy atom.